The maximum Gasteiger partial charge on any atom is 0.319 e. The molecule has 0 aromatic rings. The Bertz CT molecular complexity index is 244. The van der Waals surface area contributed by atoms with Gasteiger partial charge in [-0.3, -0.25) is 4.79 Å². The highest BCUT2D eigenvalue weighted by Crippen LogP contribution is 2.22. The van der Waals surface area contributed by atoms with Gasteiger partial charge in [0.15, 0.2) is 0 Å². The fraction of sp³-hybridized carbons (Fsp3) is 0.933. The molecule has 0 bridgehead atoms. The van der Waals surface area contributed by atoms with Crippen LogP contribution in [0.1, 0.15) is 53.4 Å². The third kappa shape index (κ3) is 9.44. The van der Waals surface area contributed by atoms with Gasteiger partial charge in [0, 0.05) is 12.5 Å². The fourth-order valence-corrected chi connectivity index (χ4v) is 2.61. The van der Waals surface area contributed by atoms with Gasteiger partial charge in [0.2, 0.25) is 0 Å². The van der Waals surface area contributed by atoms with Crippen molar-refractivity contribution in [2.45, 2.75) is 58.2 Å². The lowest BCUT2D eigenvalue weighted by Gasteiger charge is -2.21. The third-order valence-electron chi connectivity index (χ3n) is 3.37. The van der Waals surface area contributed by atoms with Gasteiger partial charge in [-0.15, -0.1) is 0 Å². The molecule has 2 unspecified atom stereocenters. The smallest absolute Gasteiger partial charge is 0.319 e. The number of carbonyl (C=O) groups is 1. The van der Waals surface area contributed by atoms with Gasteiger partial charge in [-0.05, 0) is 31.6 Å². The Kier molecular flexibility index (Phi) is 10.6. The van der Waals surface area contributed by atoms with Crippen molar-refractivity contribution in [3.63, 3.8) is 0 Å². The highest BCUT2D eigenvalue weighted by molar-refractivity contribution is 9.10. The molecule has 4 atom stereocenters. The minimum Gasteiger partial charge on any atom is -0.464 e. The predicted octanol–water partition coefficient (Wildman–Crippen LogP) is 3.77. The molecule has 4 heteroatoms. The Morgan fingerprint density at radius 3 is 2.32 bits per heavy atom. The van der Waals surface area contributed by atoms with Crippen molar-refractivity contribution in [1.82, 2.24) is 0 Å². The van der Waals surface area contributed by atoms with Crippen LogP contribution in [-0.4, -0.2) is 29.1 Å². The van der Waals surface area contributed by atoms with Gasteiger partial charge >= 0.3 is 5.97 Å². The average molecular weight is 337 g/mol. The molecule has 0 aromatic carbocycles. The van der Waals surface area contributed by atoms with Crippen molar-refractivity contribution >= 4 is 21.9 Å². The lowest BCUT2D eigenvalue weighted by molar-refractivity contribution is -0.144. The number of ether oxygens (including phenoxy) is 1. The minimum atomic E-state index is -0.283. The molecule has 1 N–H and O–H groups in total. The molecule has 0 aliphatic rings. The summed E-state index contributed by atoms with van der Waals surface area (Å²) in [5.41, 5.74) is 0. The molecule has 0 rings (SSSR count). The second kappa shape index (κ2) is 10.7. The number of alkyl halides is 1. The Morgan fingerprint density at radius 1 is 1.21 bits per heavy atom. The molecule has 114 valence electrons. The molecule has 0 amide bonds. The maximum atomic E-state index is 11.4. The predicted molar refractivity (Wildman–Crippen MR) is 82.4 cm³/mol. The first-order valence-corrected chi connectivity index (χ1v) is 8.23. The molecule has 0 saturated carbocycles. The zero-order valence-corrected chi connectivity index (χ0v) is 14.3. The van der Waals surface area contributed by atoms with E-state index in [4.69, 9.17) is 4.74 Å². The summed E-state index contributed by atoms with van der Waals surface area (Å²) in [6.07, 6.45) is 4.56. The largest absolute Gasteiger partial charge is 0.464 e. The summed E-state index contributed by atoms with van der Waals surface area (Å²) < 4.78 is 5.16. The number of carbonyl (C=O) groups excluding carboxylic acids is 1. The van der Waals surface area contributed by atoms with E-state index < -0.39 is 0 Å². The monoisotopic (exact) mass is 336 g/mol. The molecule has 3 nitrogen and oxygen atoms in total. The van der Waals surface area contributed by atoms with Crippen LogP contribution in [0.5, 0.6) is 0 Å². The van der Waals surface area contributed by atoms with Gasteiger partial charge in [-0.2, -0.15) is 0 Å². The highest BCUT2D eigenvalue weighted by Gasteiger charge is 2.18. The molecule has 19 heavy (non-hydrogen) atoms. The second-order valence-corrected chi connectivity index (χ2v) is 7.14. The molecule has 0 radical (unpaired) electrons. The summed E-state index contributed by atoms with van der Waals surface area (Å²) in [4.78, 5) is 11.1. The van der Waals surface area contributed by atoms with Crippen LogP contribution in [0, 0.1) is 17.8 Å². The maximum absolute atomic E-state index is 11.4. The summed E-state index contributed by atoms with van der Waals surface area (Å²) >= 11 is 3.18. The number of esters is 1. The summed E-state index contributed by atoms with van der Waals surface area (Å²) in [5.74, 6) is 1.08. The number of rotatable bonds is 10. The van der Waals surface area contributed by atoms with Crippen molar-refractivity contribution in [3.05, 3.63) is 0 Å². The molecule has 0 aromatic heterocycles. The third-order valence-corrected chi connectivity index (χ3v) is 3.74. The lowest BCUT2D eigenvalue weighted by atomic mass is 9.88. The van der Waals surface area contributed by atoms with Crippen LogP contribution in [0.2, 0.25) is 0 Å². The molecular weight excluding hydrogens is 308 g/mol. The molecular formula is C15H29BrO3. The number of hydrogen-bond donors (Lipinski definition) is 1. The Labute approximate surface area is 126 Å². The molecule has 0 spiro atoms. The van der Waals surface area contributed by atoms with Crippen LogP contribution in [0.4, 0.5) is 0 Å². The topological polar surface area (TPSA) is 46.5 Å². The minimum absolute atomic E-state index is 0.0547. The normalized spacial score (nSPS) is 17.6. The second-order valence-electron chi connectivity index (χ2n) is 5.77. The van der Waals surface area contributed by atoms with E-state index in [0.29, 0.717) is 12.5 Å². The van der Waals surface area contributed by atoms with Crippen LogP contribution >= 0.6 is 15.9 Å². The van der Waals surface area contributed by atoms with Gasteiger partial charge in [-0.1, -0.05) is 49.5 Å². The number of aliphatic hydroxyl groups is 1. The van der Waals surface area contributed by atoms with Crippen molar-refractivity contribution in [2.24, 2.45) is 17.8 Å². The van der Waals surface area contributed by atoms with Crippen LogP contribution < -0.4 is 0 Å². The fourth-order valence-electron chi connectivity index (χ4n) is 2.47. The summed E-state index contributed by atoms with van der Waals surface area (Å²) in [6, 6.07) is 0. The first-order chi connectivity index (χ1) is 8.90. The molecule has 0 fully saturated rings. The Morgan fingerprint density at radius 2 is 1.84 bits per heavy atom. The van der Waals surface area contributed by atoms with Crippen molar-refractivity contribution in [3.8, 4) is 0 Å². The van der Waals surface area contributed by atoms with E-state index in [-0.39, 0.29) is 23.3 Å². The van der Waals surface area contributed by atoms with Gasteiger partial charge < -0.3 is 9.84 Å². The number of hydrogen-bond acceptors (Lipinski definition) is 3. The standard InChI is InChI=1S/C15H29BrO3/c1-5-6-11(2)7-12(3)8-14(9-17)10-19-15(18)13(4)16/h11-14,17H,5-10H2,1-4H3/t11-,12-,13?,14?/m1/s1. The zero-order chi connectivity index (χ0) is 14.8. The van der Waals surface area contributed by atoms with Crippen LogP contribution in [0.3, 0.4) is 0 Å². The first-order valence-electron chi connectivity index (χ1n) is 7.32. The quantitative estimate of drug-likeness (QED) is 0.487. The molecule has 0 aliphatic carbocycles. The Hall–Kier alpha value is -0.0900. The number of aliphatic hydroxyl groups excluding tert-OH is 1. The van der Waals surface area contributed by atoms with Crippen molar-refractivity contribution < 1.29 is 14.6 Å². The highest BCUT2D eigenvalue weighted by atomic mass is 79.9. The van der Waals surface area contributed by atoms with E-state index in [0.717, 1.165) is 12.3 Å². The van der Waals surface area contributed by atoms with Crippen LogP contribution in [0.25, 0.3) is 0 Å². The van der Waals surface area contributed by atoms with Gasteiger partial charge in [-0.25, -0.2) is 0 Å². The van der Waals surface area contributed by atoms with Gasteiger partial charge in [0.1, 0.15) is 4.83 Å². The lowest BCUT2D eigenvalue weighted by Crippen LogP contribution is -2.23. The summed E-state index contributed by atoms with van der Waals surface area (Å²) in [7, 11) is 0. The van der Waals surface area contributed by atoms with Crippen molar-refractivity contribution in [1.29, 1.82) is 0 Å². The van der Waals surface area contributed by atoms with Gasteiger partial charge in [0.05, 0.1) is 6.61 Å². The molecule has 0 heterocycles. The average Bonchev–Trinajstić information content (AvgIpc) is 2.33. The summed E-state index contributed by atoms with van der Waals surface area (Å²) in [5, 5.41) is 9.36. The van der Waals surface area contributed by atoms with E-state index >= 15 is 0 Å². The van der Waals surface area contributed by atoms with Gasteiger partial charge in [0.25, 0.3) is 0 Å². The Balaban J connectivity index is 4.00. The van der Waals surface area contributed by atoms with Crippen LogP contribution in [-0.2, 0) is 9.53 Å². The van der Waals surface area contributed by atoms with E-state index in [1.807, 2.05) is 0 Å². The molecule has 0 aliphatic heterocycles. The van der Waals surface area contributed by atoms with E-state index in [1.54, 1.807) is 6.92 Å². The zero-order valence-electron chi connectivity index (χ0n) is 12.7. The number of halogens is 1. The van der Waals surface area contributed by atoms with E-state index in [9.17, 15) is 9.90 Å². The van der Waals surface area contributed by atoms with E-state index in [2.05, 4.69) is 36.7 Å². The van der Waals surface area contributed by atoms with Crippen LogP contribution in [0.15, 0.2) is 0 Å². The van der Waals surface area contributed by atoms with E-state index in [1.165, 1.54) is 19.3 Å². The van der Waals surface area contributed by atoms with Crippen molar-refractivity contribution in [2.75, 3.05) is 13.2 Å². The SMILES string of the molecule is CCC[C@@H](C)C[C@@H](C)CC(CO)COC(=O)C(C)Br. The summed E-state index contributed by atoms with van der Waals surface area (Å²) in [6.45, 7) is 8.84. The first kappa shape index (κ1) is 18.9. The molecule has 0 saturated heterocycles.